The SMILES string of the molecule is CCCCCCCCCC/C=C\CCCCCCCCCCCCCCCCCCCC(=O)OCC(COC(=O)CCCCCCCCCCCCCCC)OC(=O)CCCCCCCCCCCCCCCCCCCCCCCC. The van der Waals surface area contributed by atoms with Crippen LogP contribution in [-0.2, 0) is 28.6 Å². The van der Waals surface area contributed by atoms with Crippen LogP contribution in [0, 0.1) is 0 Å². The zero-order valence-electron chi connectivity index (χ0n) is 56.1. The predicted octanol–water partition coefficient (Wildman–Crippen LogP) is 26.0. The second-order valence-electron chi connectivity index (χ2n) is 25.9. The van der Waals surface area contributed by atoms with Crippen molar-refractivity contribution >= 4 is 17.9 Å². The number of unbranched alkanes of at least 4 members (excludes halogenated alkanes) is 58. The van der Waals surface area contributed by atoms with E-state index in [2.05, 4.69) is 32.9 Å². The Labute approximate surface area is 513 Å². The van der Waals surface area contributed by atoms with Gasteiger partial charge < -0.3 is 14.2 Å². The van der Waals surface area contributed by atoms with E-state index in [0.29, 0.717) is 19.3 Å². The molecule has 0 aliphatic rings. The predicted molar refractivity (Wildman–Crippen MR) is 358 cm³/mol. The fourth-order valence-electron chi connectivity index (χ4n) is 11.9. The Morgan fingerprint density at radius 2 is 0.402 bits per heavy atom. The highest BCUT2D eigenvalue weighted by Gasteiger charge is 2.20. The third kappa shape index (κ3) is 68.9. The second-order valence-corrected chi connectivity index (χ2v) is 25.9. The Bertz CT molecular complexity index is 1280. The van der Waals surface area contributed by atoms with Crippen molar-refractivity contribution in [2.24, 2.45) is 0 Å². The molecule has 0 radical (unpaired) electrons. The van der Waals surface area contributed by atoms with Crippen LogP contribution in [0.15, 0.2) is 12.2 Å². The molecule has 0 amide bonds. The van der Waals surface area contributed by atoms with Crippen molar-refractivity contribution in [3.8, 4) is 0 Å². The summed E-state index contributed by atoms with van der Waals surface area (Å²) >= 11 is 0. The van der Waals surface area contributed by atoms with Crippen molar-refractivity contribution in [3.05, 3.63) is 12.2 Å². The van der Waals surface area contributed by atoms with Gasteiger partial charge in [-0.1, -0.05) is 386 Å². The molecule has 0 fully saturated rings. The first-order valence-corrected chi connectivity index (χ1v) is 37.7. The molecule has 82 heavy (non-hydrogen) atoms. The minimum absolute atomic E-state index is 0.0618. The van der Waals surface area contributed by atoms with E-state index in [1.165, 1.54) is 340 Å². The van der Waals surface area contributed by atoms with Gasteiger partial charge in [-0.3, -0.25) is 14.4 Å². The summed E-state index contributed by atoms with van der Waals surface area (Å²) in [6, 6.07) is 0. The van der Waals surface area contributed by atoms with E-state index in [1.807, 2.05) is 0 Å². The zero-order chi connectivity index (χ0) is 59.2. The Balaban J connectivity index is 4.15. The van der Waals surface area contributed by atoms with Gasteiger partial charge in [0.15, 0.2) is 6.10 Å². The first kappa shape index (κ1) is 80.2. The molecule has 0 bridgehead atoms. The number of hydrogen-bond donors (Lipinski definition) is 0. The van der Waals surface area contributed by atoms with Gasteiger partial charge in [-0.2, -0.15) is 0 Å². The second kappa shape index (κ2) is 71.6. The van der Waals surface area contributed by atoms with Gasteiger partial charge in [-0.15, -0.1) is 0 Å². The summed E-state index contributed by atoms with van der Waals surface area (Å²) in [4.78, 5) is 38.5. The lowest BCUT2D eigenvalue weighted by Crippen LogP contribution is -2.30. The average Bonchev–Trinajstić information content (AvgIpc) is 3.47. The smallest absolute Gasteiger partial charge is 0.306 e. The molecule has 6 nitrogen and oxygen atoms in total. The van der Waals surface area contributed by atoms with Gasteiger partial charge in [0.1, 0.15) is 13.2 Å². The standard InChI is InChI=1S/C76H146O6/c1-4-7-10-13-16-19-22-25-27-29-31-33-35-36-37-38-39-40-41-43-44-46-48-51-54-57-60-63-66-69-75(78)81-72-73(71-80-74(77)68-65-62-59-56-53-50-24-21-18-15-12-9-6-3)82-76(79)70-67-64-61-58-55-52-49-47-45-42-34-32-30-28-26-23-20-17-14-11-8-5-2/h29,31,73H,4-28,30,32-72H2,1-3H3/b31-29-. The first-order chi connectivity index (χ1) is 40.5. The lowest BCUT2D eigenvalue weighted by atomic mass is 10.0. The van der Waals surface area contributed by atoms with Crippen LogP contribution >= 0.6 is 0 Å². The third-order valence-electron chi connectivity index (χ3n) is 17.5. The van der Waals surface area contributed by atoms with Crippen LogP contribution in [0.1, 0.15) is 438 Å². The zero-order valence-corrected chi connectivity index (χ0v) is 56.1. The molecule has 0 saturated carbocycles. The molecule has 0 N–H and O–H groups in total. The molecular weight excluding hydrogens is 1010 g/mol. The highest BCUT2D eigenvalue weighted by Crippen LogP contribution is 2.20. The molecule has 0 rings (SSSR count). The summed E-state index contributed by atoms with van der Waals surface area (Å²) in [6.45, 7) is 6.74. The van der Waals surface area contributed by atoms with Crippen molar-refractivity contribution in [2.75, 3.05) is 13.2 Å². The van der Waals surface area contributed by atoms with Crippen LogP contribution < -0.4 is 0 Å². The highest BCUT2D eigenvalue weighted by atomic mass is 16.6. The van der Waals surface area contributed by atoms with Crippen LogP contribution in [0.25, 0.3) is 0 Å². The number of esters is 3. The summed E-state index contributed by atoms with van der Waals surface area (Å²) in [5.74, 6) is -0.822. The molecule has 0 aromatic rings. The van der Waals surface area contributed by atoms with Crippen molar-refractivity contribution < 1.29 is 28.6 Å². The molecule has 1 unspecified atom stereocenters. The highest BCUT2D eigenvalue weighted by molar-refractivity contribution is 5.71. The maximum Gasteiger partial charge on any atom is 0.306 e. The summed E-state index contributed by atoms with van der Waals surface area (Å²) < 4.78 is 17.0. The fourth-order valence-corrected chi connectivity index (χ4v) is 11.9. The normalized spacial score (nSPS) is 12.0. The van der Waals surface area contributed by atoms with Gasteiger partial charge >= 0.3 is 17.9 Å². The monoisotopic (exact) mass is 1160 g/mol. The van der Waals surface area contributed by atoms with Crippen LogP contribution in [0.2, 0.25) is 0 Å². The van der Waals surface area contributed by atoms with Gasteiger partial charge in [0.2, 0.25) is 0 Å². The maximum atomic E-state index is 13.0. The number of carbonyl (C=O) groups excluding carboxylic acids is 3. The van der Waals surface area contributed by atoms with Gasteiger partial charge in [-0.25, -0.2) is 0 Å². The van der Waals surface area contributed by atoms with Gasteiger partial charge in [0.05, 0.1) is 0 Å². The quantitative estimate of drug-likeness (QED) is 0.0261. The van der Waals surface area contributed by atoms with E-state index in [1.54, 1.807) is 0 Å². The van der Waals surface area contributed by atoms with Crippen molar-refractivity contribution in [3.63, 3.8) is 0 Å². The van der Waals surface area contributed by atoms with Crippen molar-refractivity contribution in [1.29, 1.82) is 0 Å². The number of allylic oxidation sites excluding steroid dienone is 2. The Kier molecular flexibility index (Phi) is 70.0. The molecule has 0 aliphatic heterocycles. The molecule has 0 aromatic carbocycles. The molecular formula is C76H146O6. The van der Waals surface area contributed by atoms with Gasteiger partial charge in [-0.05, 0) is 44.9 Å². The Morgan fingerprint density at radius 3 is 0.610 bits per heavy atom. The van der Waals surface area contributed by atoms with E-state index in [4.69, 9.17) is 14.2 Å². The van der Waals surface area contributed by atoms with E-state index in [0.717, 1.165) is 57.8 Å². The van der Waals surface area contributed by atoms with E-state index < -0.39 is 6.10 Å². The lowest BCUT2D eigenvalue weighted by Gasteiger charge is -2.18. The fraction of sp³-hybridized carbons (Fsp3) is 0.934. The summed E-state index contributed by atoms with van der Waals surface area (Å²) in [7, 11) is 0. The minimum atomic E-state index is -0.765. The van der Waals surface area contributed by atoms with Crippen LogP contribution in [-0.4, -0.2) is 37.2 Å². The Morgan fingerprint density at radius 1 is 0.232 bits per heavy atom. The van der Waals surface area contributed by atoms with Gasteiger partial charge in [0, 0.05) is 19.3 Å². The van der Waals surface area contributed by atoms with Crippen LogP contribution in [0.4, 0.5) is 0 Å². The van der Waals surface area contributed by atoms with E-state index in [-0.39, 0.29) is 31.1 Å². The van der Waals surface area contributed by atoms with Crippen LogP contribution in [0.3, 0.4) is 0 Å². The molecule has 486 valence electrons. The third-order valence-corrected chi connectivity index (χ3v) is 17.5. The number of rotatable bonds is 71. The molecule has 0 spiro atoms. The summed E-state index contributed by atoms with van der Waals surface area (Å²) in [6.07, 6.45) is 86.9. The molecule has 1 atom stereocenters. The number of ether oxygens (including phenoxy) is 3. The van der Waals surface area contributed by atoms with Crippen molar-refractivity contribution in [1.82, 2.24) is 0 Å². The van der Waals surface area contributed by atoms with Crippen LogP contribution in [0.5, 0.6) is 0 Å². The number of hydrogen-bond acceptors (Lipinski definition) is 6. The largest absolute Gasteiger partial charge is 0.462 e. The minimum Gasteiger partial charge on any atom is -0.462 e. The molecule has 6 heteroatoms. The van der Waals surface area contributed by atoms with Gasteiger partial charge in [0.25, 0.3) is 0 Å². The summed E-state index contributed by atoms with van der Waals surface area (Å²) in [5, 5.41) is 0. The molecule has 0 heterocycles. The topological polar surface area (TPSA) is 78.9 Å². The summed E-state index contributed by atoms with van der Waals surface area (Å²) in [5.41, 5.74) is 0. The van der Waals surface area contributed by atoms with E-state index >= 15 is 0 Å². The first-order valence-electron chi connectivity index (χ1n) is 37.7. The van der Waals surface area contributed by atoms with E-state index in [9.17, 15) is 14.4 Å². The lowest BCUT2D eigenvalue weighted by molar-refractivity contribution is -0.167. The number of carbonyl (C=O) groups is 3. The van der Waals surface area contributed by atoms with Crippen molar-refractivity contribution in [2.45, 2.75) is 444 Å². The molecule has 0 aliphatic carbocycles. The molecule has 0 aromatic heterocycles. The average molecular weight is 1160 g/mol. The maximum absolute atomic E-state index is 13.0. The molecule has 0 saturated heterocycles. The Hall–Kier alpha value is -1.85.